The molecule has 96 valence electrons. The molecule has 0 saturated carbocycles. The summed E-state index contributed by atoms with van der Waals surface area (Å²) in [6.07, 6.45) is 1.46. The Hall–Kier alpha value is -2.02. The number of hydrogen-bond acceptors (Lipinski definition) is 4. The normalized spacial score (nSPS) is 10.8. The number of carboxylic acid groups (broad SMARTS) is 1. The molecule has 0 atom stereocenters. The Bertz CT molecular complexity index is 616. The molecule has 3 N–H and O–H groups in total. The third-order valence-corrected chi connectivity index (χ3v) is 3.06. The third kappa shape index (κ3) is 2.04. The quantitative estimate of drug-likeness (QED) is 0.863. The van der Waals surface area contributed by atoms with Crippen LogP contribution < -0.4 is 5.73 Å². The van der Waals surface area contributed by atoms with E-state index >= 15 is 0 Å². The summed E-state index contributed by atoms with van der Waals surface area (Å²) in [5, 5.41) is 17.5. The molecule has 0 aliphatic carbocycles. The predicted octanol–water partition coefficient (Wildman–Crippen LogP) is 0.907. The molecule has 2 aromatic rings. The Morgan fingerprint density at radius 2 is 2.22 bits per heavy atom. The zero-order valence-corrected chi connectivity index (χ0v) is 10.6. The van der Waals surface area contributed by atoms with E-state index in [9.17, 15) is 4.79 Å². The summed E-state index contributed by atoms with van der Waals surface area (Å²) in [7, 11) is 1.76. The number of nitrogen functional groups attached to an aromatic ring is 1. The van der Waals surface area contributed by atoms with Gasteiger partial charge in [0.15, 0.2) is 5.69 Å². The van der Waals surface area contributed by atoms with Crippen molar-refractivity contribution in [2.75, 3.05) is 5.73 Å². The molecule has 0 amide bonds. The van der Waals surface area contributed by atoms with Crippen molar-refractivity contribution in [3.05, 3.63) is 28.3 Å². The Balaban J connectivity index is 2.34. The van der Waals surface area contributed by atoms with Crippen LogP contribution in [0.5, 0.6) is 0 Å². The van der Waals surface area contributed by atoms with E-state index < -0.39 is 5.97 Å². The molecule has 2 aromatic heterocycles. The van der Waals surface area contributed by atoms with Gasteiger partial charge in [0, 0.05) is 13.2 Å². The third-order valence-electron chi connectivity index (χ3n) is 2.57. The second-order valence-electron chi connectivity index (χ2n) is 3.91. The number of halogens is 1. The molecule has 8 heteroatoms. The molecule has 0 saturated heterocycles. The number of carbonyl (C=O) groups is 1. The van der Waals surface area contributed by atoms with Crippen LogP contribution in [-0.4, -0.2) is 30.6 Å². The van der Waals surface area contributed by atoms with Crippen molar-refractivity contribution in [3.63, 3.8) is 0 Å². The van der Waals surface area contributed by atoms with E-state index in [2.05, 4.69) is 10.2 Å². The largest absolute Gasteiger partial charge is 0.476 e. The molecule has 0 unspecified atom stereocenters. The van der Waals surface area contributed by atoms with Gasteiger partial charge in [-0.15, -0.1) is 0 Å². The molecule has 7 nitrogen and oxygen atoms in total. The summed E-state index contributed by atoms with van der Waals surface area (Å²) in [5.41, 5.74) is 6.98. The summed E-state index contributed by atoms with van der Waals surface area (Å²) in [4.78, 5) is 10.8. The lowest BCUT2D eigenvalue weighted by Crippen LogP contribution is -2.08. The van der Waals surface area contributed by atoms with Crippen LogP contribution >= 0.6 is 11.6 Å². The van der Waals surface area contributed by atoms with E-state index in [0.29, 0.717) is 17.3 Å². The predicted molar refractivity (Wildman–Crippen MR) is 65.7 cm³/mol. The zero-order chi connectivity index (χ0) is 13.4. The lowest BCUT2D eigenvalue weighted by Gasteiger charge is -2.02. The average molecular weight is 270 g/mol. The second-order valence-corrected chi connectivity index (χ2v) is 4.28. The number of aromatic nitrogens is 4. The first-order valence-corrected chi connectivity index (χ1v) is 5.52. The highest BCUT2D eigenvalue weighted by Gasteiger charge is 2.16. The number of carboxylic acids is 1. The van der Waals surface area contributed by atoms with Crippen LogP contribution in [0.3, 0.4) is 0 Å². The Morgan fingerprint density at radius 3 is 2.67 bits per heavy atom. The molecule has 0 aliphatic rings. The second kappa shape index (κ2) is 4.34. The molecule has 2 rings (SSSR count). The van der Waals surface area contributed by atoms with Crippen molar-refractivity contribution in [1.29, 1.82) is 0 Å². The highest BCUT2D eigenvalue weighted by molar-refractivity contribution is 6.31. The lowest BCUT2D eigenvalue weighted by molar-refractivity contribution is 0.0690. The number of aromatic carboxylic acids is 1. The number of nitrogens with two attached hydrogens (primary N) is 1. The van der Waals surface area contributed by atoms with Crippen molar-refractivity contribution in [2.24, 2.45) is 7.05 Å². The van der Waals surface area contributed by atoms with Gasteiger partial charge in [-0.05, 0) is 6.92 Å². The number of rotatable bonds is 3. The van der Waals surface area contributed by atoms with Gasteiger partial charge < -0.3 is 10.8 Å². The Labute approximate surface area is 108 Å². The fourth-order valence-corrected chi connectivity index (χ4v) is 1.91. The minimum atomic E-state index is -1.15. The van der Waals surface area contributed by atoms with Gasteiger partial charge in [0.1, 0.15) is 0 Å². The first kappa shape index (κ1) is 12.4. The Morgan fingerprint density at radius 1 is 1.56 bits per heavy atom. The fourth-order valence-electron chi connectivity index (χ4n) is 1.69. The maximum absolute atomic E-state index is 10.8. The van der Waals surface area contributed by atoms with Crippen LogP contribution in [0.1, 0.15) is 21.9 Å². The summed E-state index contributed by atoms with van der Waals surface area (Å²) in [5.74, 6) is -1.15. The van der Waals surface area contributed by atoms with E-state index in [-0.39, 0.29) is 11.4 Å². The van der Waals surface area contributed by atoms with Crippen molar-refractivity contribution in [1.82, 2.24) is 19.6 Å². The first-order chi connectivity index (χ1) is 8.40. The summed E-state index contributed by atoms with van der Waals surface area (Å²) >= 11 is 6.10. The summed E-state index contributed by atoms with van der Waals surface area (Å²) < 4.78 is 3.07. The molecular weight excluding hydrogens is 258 g/mol. The van der Waals surface area contributed by atoms with Gasteiger partial charge in [-0.25, -0.2) is 4.79 Å². The maximum atomic E-state index is 10.8. The number of anilines is 1. The van der Waals surface area contributed by atoms with E-state index in [1.165, 1.54) is 10.9 Å². The molecular formula is C10H12ClN5O2. The van der Waals surface area contributed by atoms with Crippen LogP contribution in [0.25, 0.3) is 0 Å². The van der Waals surface area contributed by atoms with Crippen LogP contribution in [0, 0.1) is 6.92 Å². The van der Waals surface area contributed by atoms with Gasteiger partial charge in [0.2, 0.25) is 0 Å². The smallest absolute Gasteiger partial charge is 0.358 e. The zero-order valence-electron chi connectivity index (χ0n) is 9.88. The molecule has 2 heterocycles. The minimum Gasteiger partial charge on any atom is -0.476 e. The summed E-state index contributed by atoms with van der Waals surface area (Å²) in [6.45, 7) is 2.11. The molecule has 0 bridgehead atoms. The van der Waals surface area contributed by atoms with Crippen molar-refractivity contribution >= 4 is 23.3 Å². The maximum Gasteiger partial charge on any atom is 0.358 e. The highest BCUT2D eigenvalue weighted by atomic mass is 35.5. The lowest BCUT2D eigenvalue weighted by atomic mass is 10.3. The topological polar surface area (TPSA) is 99.0 Å². The van der Waals surface area contributed by atoms with Gasteiger partial charge in [-0.3, -0.25) is 9.36 Å². The van der Waals surface area contributed by atoms with Gasteiger partial charge in [-0.2, -0.15) is 10.2 Å². The van der Waals surface area contributed by atoms with E-state index in [1.807, 2.05) is 0 Å². The van der Waals surface area contributed by atoms with E-state index in [1.54, 1.807) is 18.7 Å². The molecule has 0 radical (unpaired) electrons. The van der Waals surface area contributed by atoms with Gasteiger partial charge >= 0.3 is 5.97 Å². The number of aryl methyl sites for hydroxylation is 2. The number of nitrogens with zero attached hydrogens (tertiary/aromatic N) is 4. The van der Waals surface area contributed by atoms with Gasteiger partial charge in [0.05, 0.1) is 28.6 Å². The Kier molecular flexibility index (Phi) is 3.00. The standard InChI is InChI=1S/C10H12ClN5O2/c1-5-8(11)7(15(2)13-5)4-16-3-6(12)9(14-16)10(17)18/h3H,4,12H2,1-2H3,(H,17,18). The minimum absolute atomic E-state index is 0.123. The van der Waals surface area contributed by atoms with Crippen molar-refractivity contribution in [2.45, 2.75) is 13.5 Å². The van der Waals surface area contributed by atoms with Gasteiger partial charge in [0.25, 0.3) is 0 Å². The molecule has 0 aromatic carbocycles. The first-order valence-electron chi connectivity index (χ1n) is 5.14. The monoisotopic (exact) mass is 269 g/mol. The molecule has 0 spiro atoms. The van der Waals surface area contributed by atoms with E-state index in [4.69, 9.17) is 22.4 Å². The van der Waals surface area contributed by atoms with Crippen LogP contribution in [0.4, 0.5) is 5.69 Å². The van der Waals surface area contributed by atoms with Gasteiger partial charge in [-0.1, -0.05) is 11.6 Å². The average Bonchev–Trinajstić information content (AvgIpc) is 2.75. The highest BCUT2D eigenvalue weighted by Crippen LogP contribution is 2.20. The summed E-state index contributed by atoms with van der Waals surface area (Å²) in [6, 6.07) is 0. The van der Waals surface area contributed by atoms with Crippen molar-refractivity contribution < 1.29 is 9.90 Å². The molecule has 0 aliphatic heterocycles. The molecule has 18 heavy (non-hydrogen) atoms. The number of hydrogen-bond donors (Lipinski definition) is 2. The molecule has 0 fully saturated rings. The van der Waals surface area contributed by atoms with Crippen molar-refractivity contribution in [3.8, 4) is 0 Å². The van der Waals surface area contributed by atoms with Crippen LogP contribution in [0.15, 0.2) is 6.20 Å². The van der Waals surface area contributed by atoms with Crippen LogP contribution in [0.2, 0.25) is 5.02 Å². The van der Waals surface area contributed by atoms with E-state index in [0.717, 1.165) is 5.69 Å². The van der Waals surface area contributed by atoms with Crippen LogP contribution in [-0.2, 0) is 13.6 Å². The SMILES string of the molecule is Cc1nn(C)c(Cn2cc(N)c(C(=O)O)n2)c1Cl. The fraction of sp³-hybridized carbons (Fsp3) is 0.300.